The Labute approximate surface area is 145 Å². The second kappa shape index (κ2) is 96.9. The van der Waals surface area contributed by atoms with E-state index in [1.807, 2.05) is 0 Å². The smallest absolute Gasteiger partial charge is 0.132 e. The summed E-state index contributed by atoms with van der Waals surface area (Å²) in [7, 11) is 7.00. The van der Waals surface area contributed by atoms with Crippen molar-refractivity contribution in [3.8, 4) is 0 Å². The van der Waals surface area contributed by atoms with Crippen molar-refractivity contribution in [1.29, 1.82) is 0 Å². The maximum atomic E-state index is 10.4. The second-order valence-corrected chi connectivity index (χ2v) is 2.47. The molecular weight excluding hydrogens is 328 g/mol. The van der Waals surface area contributed by atoms with Crippen LogP contribution < -0.4 is 0 Å². The van der Waals surface area contributed by atoms with Crippen LogP contribution in [0.1, 0.15) is 26.7 Å². The number of hydrogen-bond donors (Lipinski definition) is 8. The van der Waals surface area contributed by atoms with Crippen LogP contribution in [-0.4, -0.2) is 108 Å². The van der Waals surface area contributed by atoms with E-state index in [0.717, 1.165) is 49.8 Å². The van der Waals surface area contributed by atoms with Crippen molar-refractivity contribution in [1.82, 2.24) is 0 Å². The fourth-order valence-electron chi connectivity index (χ4n) is 0.736. The third kappa shape index (κ3) is 171. The molecule has 0 atom stereocenters. The van der Waals surface area contributed by atoms with Gasteiger partial charge in [0.05, 0.1) is 6.10 Å². The molecule has 0 saturated heterocycles. The predicted octanol–water partition coefficient (Wildman–Crippen LogP) is -2.43. The molecule has 0 saturated carbocycles. The maximum absolute atomic E-state index is 10.4. The summed E-state index contributed by atoms with van der Waals surface area (Å²) in [4.78, 5) is 20.7. The van der Waals surface area contributed by atoms with E-state index in [2.05, 4.69) is 0 Å². The quantitative estimate of drug-likeness (QED) is 0.264. The first-order chi connectivity index (χ1) is 11.5. The molecule has 8 N–H and O–H groups in total. The summed E-state index contributed by atoms with van der Waals surface area (Å²) in [5, 5.41) is 57.9. The monoisotopic (exact) mass is 368 g/mol. The molecule has 24 heavy (non-hydrogen) atoms. The maximum Gasteiger partial charge on any atom is 0.132 e. The van der Waals surface area contributed by atoms with Gasteiger partial charge in [-0.25, -0.2) is 0 Å². The van der Waals surface area contributed by atoms with Crippen LogP contribution in [0.5, 0.6) is 0 Å². The zero-order chi connectivity index (χ0) is 22.1. The topological polar surface area (TPSA) is 196 Å². The van der Waals surface area contributed by atoms with Crippen LogP contribution in [0, 0.1) is 0 Å². The molecular formula is C14H40O10. The lowest BCUT2D eigenvalue weighted by atomic mass is 10.1. The zero-order valence-electron chi connectivity index (χ0n) is 16.4. The average Bonchev–Trinajstić information content (AvgIpc) is 2.65. The van der Waals surface area contributed by atoms with Crippen molar-refractivity contribution in [3.05, 3.63) is 0 Å². The van der Waals surface area contributed by atoms with Crippen LogP contribution in [0.4, 0.5) is 0 Å². The minimum Gasteiger partial charge on any atom is -0.400 e. The summed E-state index contributed by atoms with van der Waals surface area (Å²) < 4.78 is 0. The Morgan fingerprint density at radius 3 is 0.750 bits per heavy atom. The van der Waals surface area contributed by atoms with Gasteiger partial charge in [-0.05, 0) is 13.8 Å². The molecule has 0 aliphatic carbocycles. The normalized spacial score (nSPS) is 5.92. The molecule has 0 unspecified atom stereocenters. The van der Waals surface area contributed by atoms with Gasteiger partial charge in [-0.2, -0.15) is 0 Å². The summed E-state index contributed by atoms with van der Waals surface area (Å²) >= 11 is 0. The highest BCUT2D eigenvalue weighted by Crippen LogP contribution is 1.98. The molecule has 0 aromatic heterocycles. The molecule has 0 aromatic rings. The van der Waals surface area contributed by atoms with Crippen molar-refractivity contribution in [2.45, 2.75) is 32.8 Å². The number of aliphatic hydroxyl groups is 8. The summed E-state index contributed by atoms with van der Waals surface area (Å²) in [5.74, 6) is -0.178. The van der Waals surface area contributed by atoms with Gasteiger partial charge in [-0.1, -0.05) is 0 Å². The van der Waals surface area contributed by atoms with Crippen molar-refractivity contribution < 1.29 is 50.4 Å². The van der Waals surface area contributed by atoms with Gasteiger partial charge >= 0.3 is 0 Å². The first-order valence-electron chi connectivity index (χ1n) is 6.32. The minimum atomic E-state index is -0.782. The molecule has 156 valence electrons. The lowest BCUT2D eigenvalue weighted by molar-refractivity contribution is -0.121. The van der Waals surface area contributed by atoms with Gasteiger partial charge in [0.1, 0.15) is 11.6 Å². The number of carbonyl (C=O) groups is 2. The summed E-state index contributed by atoms with van der Waals surface area (Å²) in [6, 6.07) is 0. The molecule has 0 aliphatic heterocycles. The first kappa shape index (κ1) is 49.5. The van der Waals surface area contributed by atoms with Crippen molar-refractivity contribution in [3.63, 3.8) is 0 Å². The molecule has 0 aliphatic rings. The molecule has 10 heteroatoms. The molecule has 0 fully saturated rings. The number of ketones is 2. The van der Waals surface area contributed by atoms with Crippen LogP contribution in [0.15, 0.2) is 0 Å². The Balaban J connectivity index is -0.0000000256. The molecule has 0 radical (unpaired) electrons. The van der Waals surface area contributed by atoms with E-state index < -0.39 is 6.10 Å². The standard InChI is InChI=1S/C7H12O3.7CH4O/c1-5(8)3-7(10)4-6(2)9;7*1-2/h7,10H,3-4H2,1-2H3;7*2H,1H3. The Hall–Kier alpha value is -0.980. The molecule has 10 nitrogen and oxygen atoms in total. The Kier molecular flexibility index (Phi) is 200. The van der Waals surface area contributed by atoms with Crippen LogP contribution in [-0.2, 0) is 9.59 Å². The summed E-state index contributed by atoms with van der Waals surface area (Å²) in [6.45, 7) is 2.78. The van der Waals surface area contributed by atoms with Crippen LogP contribution >= 0.6 is 0 Å². The summed E-state index contributed by atoms with van der Waals surface area (Å²) in [6.07, 6.45) is -0.617. The third-order valence-electron chi connectivity index (χ3n) is 1.05. The molecule has 0 aromatic carbocycles. The highest BCUT2D eigenvalue weighted by Gasteiger charge is 2.08. The van der Waals surface area contributed by atoms with Gasteiger partial charge in [0, 0.05) is 62.6 Å². The van der Waals surface area contributed by atoms with Gasteiger partial charge in [-0.15, -0.1) is 0 Å². The summed E-state index contributed by atoms with van der Waals surface area (Å²) in [5.41, 5.74) is 0. The van der Waals surface area contributed by atoms with E-state index in [1.54, 1.807) is 0 Å². The van der Waals surface area contributed by atoms with Crippen molar-refractivity contribution in [2.24, 2.45) is 0 Å². The molecule has 0 rings (SSSR count). The predicted molar refractivity (Wildman–Crippen MR) is 93.6 cm³/mol. The van der Waals surface area contributed by atoms with Gasteiger partial charge in [-0.3, -0.25) is 9.59 Å². The lowest BCUT2D eigenvalue weighted by Gasteiger charge is -2.03. The van der Waals surface area contributed by atoms with E-state index in [4.69, 9.17) is 40.9 Å². The van der Waals surface area contributed by atoms with Crippen molar-refractivity contribution >= 4 is 11.6 Å². The van der Waals surface area contributed by atoms with E-state index >= 15 is 0 Å². The average molecular weight is 368 g/mol. The fourth-order valence-corrected chi connectivity index (χ4v) is 0.736. The SMILES string of the molecule is CC(=O)CC(O)CC(C)=O.CO.CO.CO.CO.CO.CO.CO. The van der Waals surface area contributed by atoms with Crippen LogP contribution in [0.25, 0.3) is 0 Å². The second-order valence-electron chi connectivity index (χ2n) is 2.47. The van der Waals surface area contributed by atoms with Gasteiger partial charge in [0.2, 0.25) is 0 Å². The van der Waals surface area contributed by atoms with Gasteiger partial charge < -0.3 is 40.9 Å². The largest absolute Gasteiger partial charge is 0.400 e. The first-order valence-corrected chi connectivity index (χ1v) is 6.32. The Morgan fingerprint density at radius 1 is 0.542 bits per heavy atom. The molecule has 0 bridgehead atoms. The molecule has 0 spiro atoms. The highest BCUT2D eigenvalue weighted by molar-refractivity contribution is 5.79. The van der Waals surface area contributed by atoms with E-state index in [0.29, 0.717) is 0 Å². The van der Waals surface area contributed by atoms with Crippen LogP contribution in [0.2, 0.25) is 0 Å². The molecule has 0 amide bonds. The number of Topliss-reactive ketones (excluding diaryl/α,β-unsaturated/α-hetero) is 2. The number of hydrogen-bond acceptors (Lipinski definition) is 10. The van der Waals surface area contributed by atoms with Crippen LogP contribution in [0.3, 0.4) is 0 Å². The number of aliphatic hydroxyl groups excluding tert-OH is 8. The van der Waals surface area contributed by atoms with Crippen molar-refractivity contribution in [2.75, 3.05) is 49.8 Å². The Bertz CT molecular complexity index is 138. The number of carbonyl (C=O) groups excluding carboxylic acids is 2. The van der Waals surface area contributed by atoms with Gasteiger partial charge in [0.15, 0.2) is 0 Å². The van der Waals surface area contributed by atoms with Gasteiger partial charge in [0.25, 0.3) is 0 Å². The fraction of sp³-hybridized carbons (Fsp3) is 0.857. The molecule has 0 heterocycles. The zero-order valence-corrected chi connectivity index (χ0v) is 16.4. The highest BCUT2D eigenvalue weighted by atomic mass is 16.3. The minimum absolute atomic E-state index is 0.0829. The Morgan fingerprint density at radius 2 is 0.667 bits per heavy atom. The van der Waals surface area contributed by atoms with E-state index in [1.165, 1.54) is 13.8 Å². The third-order valence-corrected chi connectivity index (χ3v) is 1.05. The lowest BCUT2D eigenvalue weighted by Crippen LogP contribution is -2.14. The van der Waals surface area contributed by atoms with E-state index in [-0.39, 0.29) is 24.4 Å². The number of rotatable bonds is 4. The van der Waals surface area contributed by atoms with E-state index in [9.17, 15) is 9.59 Å².